The van der Waals surface area contributed by atoms with Crippen molar-refractivity contribution in [3.63, 3.8) is 0 Å². The SMILES string of the molecule is CNc1ccncc1C(=O)NCC(C)(C)S(C)(=O)=O. The molecule has 0 aliphatic carbocycles. The van der Waals surface area contributed by atoms with Gasteiger partial charge in [0.1, 0.15) is 0 Å². The molecule has 1 aromatic rings. The van der Waals surface area contributed by atoms with Crippen LogP contribution in [-0.2, 0) is 9.84 Å². The van der Waals surface area contributed by atoms with E-state index in [1.807, 2.05) is 0 Å². The summed E-state index contributed by atoms with van der Waals surface area (Å²) in [6, 6.07) is 1.68. The molecule has 0 aliphatic heterocycles. The van der Waals surface area contributed by atoms with Gasteiger partial charge in [0.25, 0.3) is 5.91 Å². The van der Waals surface area contributed by atoms with Crippen LogP contribution in [0.25, 0.3) is 0 Å². The van der Waals surface area contributed by atoms with Crippen molar-refractivity contribution in [2.75, 3.05) is 25.2 Å². The maximum absolute atomic E-state index is 12.0. The quantitative estimate of drug-likeness (QED) is 0.830. The van der Waals surface area contributed by atoms with Crippen LogP contribution in [0.15, 0.2) is 18.5 Å². The van der Waals surface area contributed by atoms with Gasteiger partial charge in [0.15, 0.2) is 9.84 Å². The van der Waals surface area contributed by atoms with Crippen LogP contribution >= 0.6 is 0 Å². The number of aromatic nitrogens is 1. The third kappa shape index (κ3) is 3.66. The zero-order valence-electron chi connectivity index (χ0n) is 11.5. The molecule has 6 nitrogen and oxygen atoms in total. The summed E-state index contributed by atoms with van der Waals surface area (Å²) in [7, 11) is -1.54. The van der Waals surface area contributed by atoms with E-state index in [9.17, 15) is 13.2 Å². The number of pyridine rings is 1. The Hall–Kier alpha value is -1.63. The van der Waals surface area contributed by atoms with Gasteiger partial charge in [0.05, 0.1) is 10.3 Å². The number of carbonyl (C=O) groups excluding carboxylic acids is 1. The normalized spacial score (nSPS) is 12.0. The fourth-order valence-electron chi connectivity index (χ4n) is 1.31. The van der Waals surface area contributed by atoms with Crippen molar-refractivity contribution in [3.05, 3.63) is 24.0 Å². The first-order valence-electron chi connectivity index (χ1n) is 5.78. The predicted octanol–water partition coefficient (Wildman–Crippen LogP) is 0.676. The van der Waals surface area contributed by atoms with Gasteiger partial charge in [0, 0.05) is 37.9 Å². The highest BCUT2D eigenvalue weighted by molar-refractivity contribution is 7.92. The fourth-order valence-corrected chi connectivity index (χ4v) is 1.65. The minimum Gasteiger partial charge on any atom is -0.387 e. The van der Waals surface area contributed by atoms with Gasteiger partial charge in [-0.15, -0.1) is 0 Å². The number of anilines is 1. The number of nitrogens with zero attached hydrogens (tertiary/aromatic N) is 1. The van der Waals surface area contributed by atoms with Crippen LogP contribution in [0.1, 0.15) is 24.2 Å². The lowest BCUT2D eigenvalue weighted by atomic mass is 10.2. The van der Waals surface area contributed by atoms with E-state index in [1.165, 1.54) is 6.20 Å². The largest absolute Gasteiger partial charge is 0.387 e. The van der Waals surface area contributed by atoms with Gasteiger partial charge in [0.2, 0.25) is 0 Å². The summed E-state index contributed by atoms with van der Waals surface area (Å²) in [4.78, 5) is 15.9. The molecule has 0 spiro atoms. The molecule has 0 saturated carbocycles. The molecule has 2 N–H and O–H groups in total. The smallest absolute Gasteiger partial charge is 0.255 e. The minimum absolute atomic E-state index is 0.0444. The van der Waals surface area contributed by atoms with Gasteiger partial charge in [-0.3, -0.25) is 9.78 Å². The number of hydrogen-bond acceptors (Lipinski definition) is 5. The summed E-state index contributed by atoms with van der Waals surface area (Å²) >= 11 is 0. The van der Waals surface area contributed by atoms with Crippen molar-refractivity contribution in [2.45, 2.75) is 18.6 Å². The lowest BCUT2D eigenvalue weighted by molar-refractivity contribution is 0.0951. The highest BCUT2D eigenvalue weighted by Crippen LogP contribution is 2.15. The zero-order chi connectivity index (χ0) is 14.7. The summed E-state index contributed by atoms with van der Waals surface area (Å²) in [5.74, 6) is -0.353. The molecule has 0 unspecified atom stereocenters. The van der Waals surface area contributed by atoms with E-state index in [4.69, 9.17) is 0 Å². The highest BCUT2D eigenvalue weighted by Gasteiger charge is 2.30. The van der Waals surface area contributed by atoms with E-state index in [1.54, 1.807) is 33.2 Å². The molecule has 0 atom stereocenters. The van der Waals surface area contributed by atoms with E-state index < -0.39 is 14.6 Å². The second-order valence-corrected chi connectivity index (χ2v) is 7.54. The number of carbonyl (C=O) groups is 1. The second-order valence-electron chi connectivity index (χ2n) is 4.89. The Morgan fingerprint density at radius 2 is 2.05 bits per heavy atom. The van der Waals surface area contributed by atoms with Gasteiger partial charge < -0.3 is 10.6 Å². The molecule has 0 saturated heterocycles. The maximum Gasteiger partial charge on any atom is 0.255 e. The molecule has 1 amide bonds. The molecule has 0 aromatic carbocycles. The Balaban J connectivity index is 2.82. The number of amides is 1. The number of sulfone groups is 1. The molecule has 0 fully saturated rings. The van der Waals surface area contributed by atoms with Crippen molar-refractivity contribution in [2.24, 2.45) is 0 Å². The molecular formula is C12H19N3O3S. The lowest BCUT2D eigenvalue weighted by Crippen LogP contribution is -2.43. The molecule has 0 aliphatic rings. The Morgan fingerprint density at radius 3 is 2.58 bits per heavy atom. The van der Waals surface area contributed by atoms with Gasteiger partial charge in [-0.25, -0.2) is 8.42 Å². The van der Waals surface area contributed by atoms with Gasteiger partial charge in [-0.1, -0.05) is 0 Å². The van der Waals surface area contributed by atoms with Crippen molar-refractivity contribution in [1.82, 2.24) is 10.3 Å². The van der Waals surface area contributed by atoms with Crippen LogP contribution in [0, 0.1) is 0 Å². The van der Waals surface area contributed by atoms with Crippen LogP contribution in [0.4, 0.5) is 5.69 Å². The number of rotatable bonds is 5. The molecule has 0 radical (unpaired) electrons. The summed E-state index contributed by atoms with van der Waals surface area (Å²) < 4.78 is 22.1. The Morgan fingerprint density at radius 1 is 1.42 bits per heavy atom. The van der Waals surface area contributed by atoms with E-state index >= 15 is 0 Å². The van der Waals surface area contributed by atoms with Crippen LogP contribution in [0.2, 0.25) is 0 Å². The van der Waals surface area contributed by atoms with E-state index in [0.717, 1.165) is 6.26 Å². The Kier molecular flexibility index (Phi) is 4.52. The lowest BCUT2D eigenvalue weighted by Gasteiger charge is -2.23. The summed E-state index contributed by atoms with van der Waals surface area (Å²) in [5, 5.41) is 5.51. The van der Waals surface area contributed by atoms with Crippen molar-refractivity contribution < 1.29 is 13.2 Å². The summed E-state index contributed by atoms with van der Waals surface area (Å²) in [6.07, 6.45) is 4.17. The molecule has 1 heterocycles. The van der Waals surface area contributed by atoms with Gasteiger partial charge in [-0.2, -0.15) is 0 Å². The fraction of sp³-hybridized carbons (Fsp3) is 0.500. The molecule has 0 bridgehead atoms. The molecular weight excluding hydrogens is 266 g/mol. The second kappa shape index (κ2) is 5.56. The molecule has 1 rings (SSSR count). The van der Waals surface area contributed by atoms with E-state index in [2.05, 4.69) is 15.6 Å². The minimum atomic E-state index is -3.24. The molecule has 106 valence electrons. The standard InChI is InChI=1S/C12H19N3O3S/c1-12(2,19(4,17)18)8-15-11(16)9-7-14-6-5-10(9)13-3/h5-7H,8H2,1-4H3,(H,13,14)(H,15,16). The third-order valence-corrected chi connectivity index (χ3v) is 5.17. The first-order chi connectivity index (χ1) is 8.69. The van der Waals surface area contributed by atoms with Crippen molar-refractivity contribution in [3.8, 4) is 0 Å². The van der Waals surface area contributed by atoms with Crippen LogP contribution in [0.3, 0.4) is 0 Å². The average molecular weight is 285 g/mol. The van der Waals surface area contributed by atoms with Gasteiger partial charge in [-0.05, 0) is 19.9 Å². The number of nitrogens with one attached hydrogen (secondary N) is 2. The first-order valence-corrected chi connectivity index (χ1v) is 7.68. The molecule has 19 heavy (non-hydrogen) atoms. The zero-order valence-corrected chi connectivity index (χ0v) is 12.3. The van der Waals surface area contributed by atoms with Crippen LogP contribution < -0.4 is 10.6 Å². The molecule has 7 heteroatoms. The van der Waals surface area contributed by atoms with E-state index in [0.29, 0.717) is 11.3 Å². The first kappa shape index (κ1) is 15.4. The van der Waals surface area contributed by atoms with Gasteiger partial charge >= 0.3 is 0 Å². The van der Waals surface area contributed by atoms with Crippen molar-refractivity contribution in [1.29, 1.82) is 0 Å². The summed E-state index contributed by atoms with van der Waals surface area (Å²) in [6.45, 7) is 3.19. The maximum atomic E-state index is 12.0. The topological polar surface area (TPSA) is 88.2 Å². The van der Waals surface area contributed by atoms with Crippen molar-refractivity contribution >= 4 is 21.4 Å². The Bertz CT molecular complexity index is 567. The Labute approximate surface area is 113 Å². The number of hydrogen-bond donors (Lipinski definition) is 2. The third-order valence-electron chi connectivity index (χ3n) is 3.01. The predicted molar refractivity (Wildman–Crippen MR) is 75.0 cm³/mol. The monoisotopic (exact) mass is 285 g/mol. The average Bonchev–Trinajstić information content (AvgIpc) is 2.34. The van der Waals surface area contributed by atoms with Crippen LogP contribution in [0.5, 0.6) is 0 Å². The summed E-state index contributed by atoms with van der Waals surface area (Å²) in [5.41, 5.74) is 1.03. The van der Waals surface area contributed by atoms with E-state index in [-0.39, 0.29) is 12.5 Å². The molecule has 1 aromatic heterocycles. The van der Waals surface area contributed by atoms with Crippen LogP contribution in [-0.4, -0.2) is 43.9 Å². The highest BCUT2D eigenvalue weighted by atomic mass is 32.2.